The minimum atomic E-state index is -0.506. The Bertz CT molecular complexity index is 709. The highest BCUT2D eigenvalue weighted by Crippen LogP contribution is 2.23. The molecule has 1 unspecified atom stereocenters. The highest BCUT2D eigenvalue weighted by Gasteiger charge is 2.30. The molecule has 1 aromatic carbocycles. The van der Waals surface area contributed by atoms with Crippen molar-refractivity contribution >= 4 is 11.9 Å². The van der Waals surface area contributed by atoms with Crippen LogP contribution in [-0.4, -0.2) is 52.2 Å². The van der Waals surface area contributed by atoms with Crippen LogP contribution in [0.25, 0.3) is 0 Å². The Morgan fingerprint density at radius 3 is 2.24 bits per heavy atom. The van der Waals surface area contributed by atoms with Crippen molar-refractivity contribution in [1.29, 1.82) is 0 Å². The molecule has 1 atom stereocenters. The number of benzene rings is 1. The fraction of sp³-hybridized carbons (Fsp3) is 0.389. The van der Waals surface area contributed by atoms with Crippen molar-refractivity contribution in [3.63, 3.8) is 0 Å². The van der Waals surface area contributed by atoms with Crippen molar-refractivity contribution in [2.75, 3.05) is 31.1 Å². The number of aryl methyl sites for hydroxylation is 2. The molecule has 132 valence electrons. The van der Waals surface area contributed by atoms with Gasteiger partial charge in [-0.05, 0) is 25.5 Å². The maximum absolute atomic E-state index is 12.2. The van der Waals surface area contributed by atoms with Gasteiger partial charge in [0.05, 0.1) is 0 Å². The Labute approximate surface area is 147 Å². The molecular weight excluding hydrogens is 318 g/mol. The van der Waals surface area contributed by atoms with Crippen LogP contribution >= 0.6 is 0 Å². The maximum Gasteiger partial charge on any atom is 0.265 e. The molecule has 0 aliphatic carbocycles. The summed E-state index contributed by atoms with van der Waals surface area (Å²) >= 11 is 0. The number of anilines is 1. The summed E-state index contributed by atoms with van der Waals surface area (Å²) in [6.07, 6.45) is 0. The Hall–Kier alpha value is -2.51. The van der Waals surface area contributed by atoms with Crippen molar-refractivity contribution in [3.05, 3.63) is 53.3 Å². The molecule has 1 aliphatic heterocycles. The lowest BCUT2D eigenvalue weighted by molar-refractivity contribution is -0.135. The molecular formula is C18H23N5O2. The molecule has 1 fully saturated rings. The minimum Gasteiger partial charge on any atom is -0.338 e. The minimum absolute atomic E-state index is 0.415. The van der Waals surface area contributed by atoms with Crippen LogP contribution in [0.5, 0.6) is 0 Å². The van der Waals surface area contributed by atoms with E-state index in [1.807, 2.05) is 50.2 Å². The molecule has 1 aromatic heterocycles. The SMILES string of the molecule is Cc1cc(C)nc(N2CCN(C(C(=O)NO)c3ccccc3)CC2)n1. The first-order valence-corrected chi connectivity index (χ1v) is 8.38. The molecule has 0 saturated carbocycles. The quantitative estimate of drug-likeness (QED) is 0.647. The lowest BCUT2D eigenvalue weighted by Crippen LogP contribution is -2.51. The Balaban J connectivity index is 1.74. The van der Waals surface area contributed by atoms with Gasteiger partial charge in [0.2, 0.25) is 5.95 Å². The third-order valence-electron chi connectivity index (χ3n) is 4.41. The van der Waals surface area contributed by atoms with Crippen LogP contribution in [-0.2, 0) is 4.79 Å². The standard InChI is InChI=1S/C18H23N5O2/c1-13-12-14(2)20-18(19-13)23-10-8-22(9-11-23)16(17(24)21-25)15-6-4-3-5-7-15/h3-7,12,16,25H,8-11H2,1-2H3,(H,21,24). The zero-order valence-electron chi connectivity index (χ0n) is 14.5. The van der Waals surface area contributed by atoms with E-state index in [0.717, 1.165) is 36.0 Å². The highest BCUT2D eigenvalue weighted by atomic mass is 16.5. The number of nitrogens with one attached hydrogen (secondary N) is 1. The number of piperazine rings is 1. The number of hydrogen-bond donors (Lipinski definition) is 2. The molecule has 1 saturated heterocycles. The topological polar surface area (TPSA) is 81.6 Å². The van der Waals surface area contributed by atoms with Gasteiger partial charge < -0.3 is 4.90 Å². The second kappa shape index (κ2) is 7.58. The predicted molar refractivity (Wildman–Crippen MR) is 94.4 cm³/mol. The Morgan fingerprint density at radius 2 is 1.68 bits per heavy atom. The fourth-order valence-electron chi connectivity index (χ4n) is 3.25. The second-order valence-corrected chi connectivity index (χ2v) is 6.26. The van der Waals surface area contributed by atoms with Gasteiger partial charge in [-0.25, -0.2) is 15.4 Å². The molecule has 25 heavy (non-hydrogen) atoms. The molecule has 0 radical (unpaired) electrons. The van der Waals surface area contributed by atoms with Crippen molar-refractivity contribution < 1.29 is 10.0 Å². The highest BCUT2D eigenvalue weighted by molar-refractivity contribution is 5.82. The smallest absolute Gasteiger partial charge is 0.265 e. The lowest BCUT2D eigenvalue weighted by atomic mass is 10.0. The zero-order chi connectivity index (χ0) is 17.8. The first kappa shape index (κ1) is 17.3. The molecule has 7 nitrogen and oxygen atoms in total. The summed E-state index contributed by atoms with van der Waals surface area (Å²) in [5.41, 5.74) is 4.57. The first-order chi connectivity index (χ1) is 12.1. The van der Waals surface area contributed by atoms with Gasteiger partial charge in [0.15, 0.2) is 0 Å². The van der Waals surface area contributed by atoms with Gasteiger partial charge in [-0.1, -0.05) is 30.3 Å². The van der Waals surface area contributed by atoms with Gasteiger partial charge >= 0.3 is 0 Å². The summed E-state index contributed by atoms with van der Waals surface area (Å²) in [5.74, 6) is 0.322. The maximum atomic E-state index is 12.2. The van der Waals surface area contributed by atoms with Crippen LogP contribution in [0, 0.1) is 13.8 Å². The molecule has 1 amide bonds. The number of hydroxylamine groups is 1. The normalized spacial score (nSPS) is 16.5. The largest absolute Gasteiger partial charge is 0.338 e. The van der Waals surface area contributed by atoms with Crippen LogP contribution in [0.1, 0.15) is 23.0 Å². The number of carbonyl (C=O) groups is 1. The molecule has 0 bridgehead atoms. The van der Waals surface area contributed by atoms with E-state index in [-0.39, 0.29) is 0 Å². The van der Waals surface area contributed by atoms with E-state index < -0.39 is 11.9 Å². The predicted octanol–water partition coefficient (Wildman–Crippen LogP) is 1.46. The molecule has 2 aromatic rings. The Morgan fingerprint density at radius 1 is 1.08 bits per heavy atom. The number of carbonyl (C=O) groups excluding carboxylic acids is 1. The van der Waals surface area contributed by atoms with Gasteiger partial charge in [-0.15, -0.1) is 0 Å². The molecule has 0 spiro atoms. The van der Waals surface area contributed by atoms with Crippen LogP contribution in [0.4, 0.5) is 5.95 Å². The van der Waals surface area contributed by atoms with Crippen LogP contribution < -0.4 is 10.4 Å². The number of nitrogens with zero attached hydrogens (tertiary/aromatic N) is 4. The van der Waals surface area contributed by atoms with Gasteiger partial charge in [-0.2, -0.15) is 0 Å². The third kappa shape index (κ3) is 3.94. The average Bonchev–Trinajstić information content (AvgIpc) is 2.62. The van der Waals surface area contributed by atoms with Crippen molar-refractivity contribution in [3.8, 4) is 0 Å². The third-order valence-corrected chi connectivity index (χ3v) is 4.41. The summed E-state index contributed by atoms with van der Waals surface area (Å²) in [7, 11) is 0. The summed E-state index contributed by atoms with van der Waals surface area (Å²) in [5, 5.41) is 9.13. The summed E-state index contributed by atoms with van der Waals surface area (Å²) < 4.78 is 0. The van der Waals surface area contributed by atoms with E-state index in [1.165, 1.54) is 0 Å². The number of amides is 1. The van der Waals surface area contributed by atoms with Crippen LogP contribution in [0.2, 0.25) is 0 Å². The molecule has 3 rings (SSSR count). The van der Waals surface area contributed by atoms with Gasteiger partial charge in [0, 0.05) is 37.6 Å². The summed E-state index contributed by atoms with van der Waals surface area (Å²) in [6, 6.07) is 11.0. The first-order valence-electron chi connectivity index (χ1n) is 8.38. The molecule has 2 heterocycles. The van der Waals surface area contributed by atoms with Gasteiger partial charge in [0.25, 0.3) is 5.91 Å². The number of rotatable bonds is 4. The fourth-order valence-corrected chi connectivity index (χ4v) is 3.25. The number of hydrogen-bond acceptors (Lipinski definition) is 6. The molecule has 1 aliphatic rings. The van der Waals surface area contributed by atoms with E-state index in [9.17, 15) is 4.79 Å². The van der Waals surface area contributed by atoms with Crippen molar-refractivity contribution in [2.45, 2.75) is 19.9 Å². The summed E-state index contributed by atoms with van der Waals surface area (Å²) in [6.45, 7) is 6.75. The zero-order valence-corrected chi connectivity index (χ0v) is 14.5. The van der Waals surface area contributed by atoms with E-state index in [4.69, 9.17) is 5.21 Å². The van der Waals surface area contributed by atoms with Crippen molar-refractivity contribution in [2.24, 2.45) is 0 Å². The van der Waals surface area contributed by atoms with E-state index in [1.54, 1.807) is 5.48 Å². The monoisotopic (exact) mass is 341 g/mol. The lowest BCUT2D eigenvalue weighted by Gasteiger charge is -2.38. The van der Waals surface area contributed by atoms with E-state index >= 15 is 0 Å². The molecule has 2 N–H and O–H groups in total. The second-order valence-electron chi connectivity index (χ2n) is 6.26. The van der Waals surface area contributed by atoms with Crippen LogP contribution in [0.3, 0.4) is 0 Å². The summed E-state index contributed by atoms with van der Waals surface area (Å²) in [4.78, 5) is 25.4. The average molecular weight is 341 g/mol. The van der Waals surface area contributed by atoms with E-state index in [0.29, 0.717) is 13.1 Å². The van der Waals surface area contributed by atoms with E-state index in [2.05, 4.69) is 19.8 Å². The van der Waals surface area contributed by atoms with Gasteiger partial charge in [0.1, 0.15) is 6.04 Å². The Kier molecular flexibility index (Phi) is 5.25. The molecule has 7 heteroatoms. The van der Waals surface area contributed by atoms with Crippen LogP contribution in [0.15, 0.2) is 36.4 Å². The van der Waals surface area contributed by atoms with Gasteiger partial charge in [-0.3, -0.25) is 14.9 Å². The van der Waals surface area contributed by atoms with Crippen molar-refractivity contribution in [1.82, 2.24) is 20.3 Å². The number of aromatic nitrogens is 2.